The lowest BCUT2D eigenvalue weighted by atomic mass is 10.1. The molecule has 0 saturated carbocycles. The second kappa shape index (κ2) is 10.6. The summed E-state index contributed by atoms with van der Waals surface area (Å²) < 4.78 is 0. The van der Waals surface area contributed by atoms with Gasteiger partial charge in [-0.3, -0.25) is 9.79 Å². The first kappa shape index (κ1) is 23.4. The Labute approximate surface area is 182 Å². The van der Waals surface area contributed by atoms with Crippen molar-refractivity contribution in [3.05, 3.63) is 40.9 Å². The van der Waals surface area contributed by atoms with E-state index in [1.807, 2.05) is 45.9 Å². The predicted molar refractivity (Wildman–Crippen MR) is 124 cm³/mol. The van der Waals surface area contributed by atoms with Gasteiger partial charge in [-0.25, -0.2) is 4.98 Å². The molecule has 1 amide bonds. The zero-order valence-corrected chi connectivity index (χ0v) is 19.6. The summed E-state index contributed by atoms with van der Waals surface area (Å²) in [5, 5.41) is 10.2. The second-order valence-electron chi connectivity index (χ2n) is 6.97. The normalized spacial score (nSPS) is 11.5. The fourth-order valence-electron chi connectivity index (χ4n) is 2.31. The SMILES string of the molecule is CN=C(NCC(=O)NC(C)(C)C)NCc1sc(-c2ccccc2)nc1C.I. The zero-order chi connectivity index (χ0) is 19.2. The smallest absolute Gasteiger partial charge is 0.239 e. The van der Waals surface area contributed by atoms with Crippen molar-refractivity contribution in [2.24, 2.45) is 4.99 Å². The average molecular weight is 501 g/mol. The van der Waals surface area contributed by atoms with Gasteiger partial charge in [-0.05, 0) is 27.7 Å². The molecule has 2 aromatic rings. The molecule has 8 heteroatoms. The quantitative estimate of drug-likeness (QED) is 0.334. The Hall–Kier alpha value is -1.68. The molecule has 27 heavy (non-hydrogen) atoms. The first-order valence-electron chi connectivity index (χ1n) is 8.56. The molecule has 6 nitrogen and oxygen atoms in total. The summed E-state index contributed by atoms with van der Waals surface area (Å²) in [6, 6.07) is 10.1. The number of guanidine groups is 1. The van der Waals surface area contributed by atoms with E-state index in [1.54, 1.807) is 18.4 Å². The van der Waals surface area contributed by atoms with Gasteiger partial charge >= 0.3 is 0 Å². The van der Waals surface area contributed by atoms with Crippen molar-refractivity contribution in [3.63, 3.8) is 0 Å². The van der Waals surface area contributed by atoms with Gasteiger partial charge in [-0.15, -0.1) is 35.3 Å². The van der Waals surface area contributed by atoms with Crippen molar-refractivity contribution in [3.8, 4) is 10.6 Å². The summed E-state index contributed by atoms with van der Waals surface area (Å²) in [6.07, 6.45) is 0. The molecule has 0 saturated heterocycles. The Bertz CT molecular complexity index is 768. The van der Waals surface area contributed by atoms with Crippen LogP contribution < -0.4 is 16.0 Å². The van der Waals surface area contributed by atoms with E-state index in [-0.39, 0.29) is 42.0 Å². The highest BCUT2D eigenvalue weighted by Crippen LogP contribution is 2.27. The number of thiazole rings is 1. The van der Waals surface area contributed by atoms with Crippen molar-refractivity contribution < 1.29 is 4.79 Å². The van der Waals surface area contributed by atoms with E-state index in [4.69, 9.17) is 0 Å². The lowest BCUT2D eigenvalue weighted by molar-refractivity contribution is -0.121. The molecule has 0 aliphatic heterocycles. The van der Waals surface area contributed by atoms with Gasteiger partial charge in [-0.2, -0.15) is 0 Å². The van der Waals surface area contributed by atoms with E-state index in [0.717, 1.165) is 21.1 Å². The molecule has 2 rings (SSSR count). The van der Waals surface area contributed by atoms with Gasteiger partial charge in [0.15, 0.2) is 5.96 Å². The van der Waals surface area contributed by atoms with Crippen LogP contribution >= 0.6 is 35.3 Å². The van der Waals surface area contributed by atoms with Gasteiger partial charge in [0, 0.05) is 23.0 Å². The standard InChI is InChI=1S/C19H27N5OS.HI/c1-13-15(26-17(23-13)14-9-7-6-8-10-14)11-21-18(20-5)22-12-16(25)24-19(2,3)4;/h6-10H,11-12H2,1-5H3,(H,24,25)(H2,20,21,22);1H. The Morgan fingerprint density at radius 2 is 1.85 bits per heavy atom. The minimum atomic E-state index is -0.247. The van der Waals surface area contributed by atoms with Crippen LogP contribution in [0.1, 0.15) is 31.3 Å². The fourth-order valence-corrected chi connectivity index (χ4v) is 3.31. The van der Waals surface area contributed by atoms with Crippen LogP contribution in [-0.4, -0.2) is 36.0 Å². The summed E-state index contributed by atoms with van der Waals surface area (Å²) in [4.78, 5) is 21.9. The lowest BCUT2D eigenvalue weighted by Gasteiger charge is -2.21. The van der Waals surface area contributed by atoms with Crippen LogP contribution in [0, 0.1) is 6.92 Å². The molecule has 148 valence electrons. The van der Waals surface area contributed by atoms with E-state index < -0.39 is 0 Å². The molecular formula is C19H28IN5OS. The molecule has 0 unspecified atom stereocenters. The number of aliphatic imine (C=N–C) groups is 1. The van der Waals surface area contributed by atoms with E-state index in [9.17, 15) is 4.79 Å². The molecule has 0 spiro atoms. The van der Waals surface area contributed by atoms with E-state index in [0.29, 0.717) is 12.5 Å². The number of aromatic nitrogens is 1. The van der Waals surface area contributed by atoms with Crippen LogP contribution in [0.25, 0.3) is 10.6 Å². The van der Waals surface area contributed by atoms with Gasteiger partial charge in [-0.1, -0.05) is 30.3 Å². The van der Waals surface area contributed by atoms with E-state index in [2.05, 4.69) is 38.1 Å². The number of nitrogens with zero attached hydrogens (tertiary/aromatic N) is 2. The molecule has 0 bridgehead atoms. The zero-order valence-electron chi connectivity index (χ0n) is 16.4. The molecule has 1 aromatic carbocycles. The number of aryl methyl sites for hydroxylation is 1. The third-order valence-electron chi connectivity index (χ3n) is 3.48. The number of benzene rings is 1. The summed E-state index contributed by atoms with van der Waals surface area (Å²) in [6.45, 7) is 8.65. The van der Waals surface area contributed by atoms with Crippen LogP contribution in [0.15, 0.2) is 35.3 Å². The van der Waals surface area contributed by atoms with Gasteiger partial charge in [0.05, 0.1) is 18.8 Å². The van der Waals surface area contributed by atoms with Crippen LogP contribution in [0.4, 0.5) is 0 Å². The van der Waals surface area contributed by atoms with Crippen molar-refractivity contribution in [2.75, 3.05) is 13.6 Å². The van der Waals surface area contributed by atoms with E-state index in [1.165, 1.54) is 0 Å². The highest BCUT2D eigenvalue weighted by atomic mass is 127. The number of nitrogens with one attached hydrogen (secondary N) is 3. The highest BCUT2D eigenvalue weighted by Gasteiger charge is 2.14. The first-order chi connectivity index (χ1) is 12.3. The molecule has 3 N–H and O–H groups in total. The molecule has 0 fully saturated rings. The lowest BCUT2D eigenvalue weighted by Crippen LogP contribution is -2.48. The van der Waals surface area contributed by atoms with Crippen LogP contribution in [0.3, 0.4) is 0 Å². The van der Waals surface area contributed by atoms with Crippen LogP contribution in [0.5, 0.6) is 0 Å². The summed E-state index contributed by atoms with van der Waals surface area (Å²) in [5.41, 5.74) is 1.87. The van der Waals surface area contributed by atoms with Crippen molar-refractivity contribution in [1.29, 1.82) is 0 Å². The first-order valence-corrected chi connectivity index (χ1v) is 9.37. The average Bonchev–Trinajstić information content (AvgIpc) is 2.95. The van der Waals surface area contributed by atoms with Gasteiger partial charge in [0.25, 0.3) is 0 Å². The third kappa shape index (κ3) is 7.84. The number of hydrogen-bond acceptors (Lipinski definition) is 4. The molecule has 0 aliphatic carbocycles. The van der Waals surface area contributed by atoms with Gasteiger partial charge in [0.1, 0.15) is 5.01 Å². The molecule has 0 radical (unpaired) electrons. The summed E-state index contributed by atoms with van der Waals surface area (Å²) >= 11 is 1.66. The van der Waals surface area contributed by atoms with Crippen molar-refractivity contribution in [1.82, 2.24) is 20.9 Å². The summed E-state index contributed by atoms with van der Waals surface area (Å²) in [5.74, 6) is 0.518. The van der Waals surface area contributed by atoms with Crippen LogP contribution in [-0.2, 0) is 11.3 Å². The van der Waals surface area contributed by atoms with Crippen molar-refractivity contribution in [2.45, 2.75) is 39.8 Å². The number of halogens is 1. The molecule has 0 aliphatic rings. The largest absolute Gasteiger partial charge is 0.351 e. The molecule has 0 atom stereocenters. The number of hydrogen-bond donors (Lipinski definition) is 3. The van der Waals surface area contributed by atoms with Gasteiger partial charge < -0.3 is 16.0 Å². The Balaban J connectivity index is 0.00000364. The number of carbonyl (C=O) groups excluding carboxylic acids is 1. The number of carbonyl (C=O) groups is 1. The van der Waals surface area contributed by atoms with E-state index >= 15 is 0 Å². The number of amides is 1. The maximum Gasteiger partial charge on any atom is 0.239 e. The third-order valence-corrected chi connectivity index (χ3v) is 4.69. The van der Waals surface area contributed by atoms with Gasteiger partial charge in [0.2, 0.25) is 5.91 Å². The number of rotatable bonds is 5. The molecule has 1 heterocycles. The summed E-state index contributed by atoms with van der Waals surface area (Å²) in [7, 11) is 1.69. The van der Waals surface area contributed by atoms with Crippen LogP contribution in [0.2, 0.25) is 0 Å². The fraction of sp³-hybridized carbons (Fsp3) is 0.421. The minimum absolute atomic E-state index is 0. The molecule has 1 aromatic heterocycles. The second-order valence-corrected chi connectivity index (χ2v) is 8.05. The topological polar surface area (TPSA) is 78.4 Å². The maximum absolute atomic E-state index is 11.9. The predicted octanol–water partition coefficient (Wildman–Crippen LogP) is 3.32. The Morgan fingerprint density at radius 3 is 2.44 bits per heavy atom. The van der Waals surface area contributed by atoms with Crippen molar-refractivity contribution >= 4 is 47.2 Å². The Morgan fingerprint density at radius 1 is 1.19 bits per heavy atom. The highest BCUT2D eigenvalue weighted by molar-refractivity contribution is 14.0. The monoisotopic (exact) mass is 501 g/mol. The maximum atomic E-state index is 11.9. The Kier molecular flexibility index (Phi) is 9.17. The minimum Gasteiger partial charge on any atom is -0.351 e. The molecular weight excluding hydrogens is 473 g/mol.